The first-order valence-corrected chi connectivity index (χ1v) is 13.6. The Kier molecular flexibility index (Phi) is 8.50. The lowest BCUT2D eigenvalue weighted by molar-refractivity contribution is 0.0696. The first kappa shape index (κ1) is 26.1. The zero-order valence-electron chi connectivity index (χ0n) is 17.5. The lowest BCUT2D eigenvalue weighted by Gasteiger charge is -2.11. The predicted molar refractivity (Wildman–Crippen MR) is 156 cm³/mol. The average molecular weight is 824 g/mol. The van der Waals surface area contributed by atoms with Gasteiger partial charge in [0.15, 0.2) is 5.76 Å². The number of nitrogens with one attached hydrogen (secondary N) is 1. The summed E-state index contributed by atoms with van der Waals surface area (Å²) >= 11 is 11.2. The van der Waals surface area contributed by atoms with Crippen molar-refractivity contribution in [1.29, 1.82) is 0 Å². The number of carbonyl (C=O) groups is 2. The van der Waals surface area contributed by atoms with Gasteiger partial charge in [-0.3, -0.25) is 4.79 Å². The van der Waals surface area contributed by atoms with Gasteiger partial charge in [-0.1, -0.05) is 28.1 Å². The van der Waals surface area contributed by atoms with Crippen LogP contribution in [0.4, 0.5) is 0 Å². The number of rotatable bonds is 7. The van der Waals surface area contributed by atoms with E-state index in [1.54, 1.807) is 36.5 Å². The number of fused-ring (bicyclic) bond motifs is 1. The zero-order valence-corrected chi connectivity index (χ0v) is 25.0. The minimum absolute atomic E-state index is 0.153. The number of nitrogens with zero attached hydrogens (tertiary/aromatic N) is 1. The summed E-state index contributed by atoms with van der Waals surface area (Å²) in [5.74, 6) is -0.554. The predicted octanol–water partition coefficient (Wildman–Crippen LogP) is 7.21. The fourth-order valence-electron chi connectivity index (χ4n) is 3.10. The number of carbonyl (C=O) groups excluding carboxylic acids is 1. The molecule has 0 bridgehead atoms. The quantitative estimate of drug-likeness (QED) is 0.117. The third kappa shape index (κ3) is 6.43. The molecule has 2 N–H and O–H groups in total. The van der Waals surface area contributed by atoms with Crippen LogP contribution in [-0.2, 0) is 6.61 Å². The topological polar surface area (TPSA) is 101 Å². The molecule has 1 heterocycles. The van der Waals surface area contributed by atoms with E-state index in [1.807, 2.05) is 24.3 Å². The highest BCUT2D eigenvalue weighted by atomic mass is 127. The van der Waals surface area contributed by atoms with E-state index in [0.717, 1.165) is 32.6 Å². The van der Waals surface area contributed by atoms with Crippen LogP contribution >= 0.6 is 77.0 Å². The lowest BCUT2D eigenvalue weighted by Crippen LogP contribution is -2.16. The van der Waals surface area contributed by atoms with Crippen molar-refractivity contribution in [3.05, 3.63) is 93.1 Å². The summed E-state index contributed by atoms with van der Waals surface area (Å²) < 4.78 is 15.0. The van der Waals surface area contributed by atoms with Crippen LogP contribution in [0.1, 0.15) is 32.0 Å². The van der Waals surface area contributed by atoms with Gasteiger partial charge in [-0.25, -0.2) is 10.2 Å². The van der Waals surface area contributed by atoms with Crippen molar-refractivity contribution in [1.82, 2.24) is 5.43 Å². The standard InChI is InChI=1S/C24H14Br2I2N2O5/c25-16-7-15-8-20(35-21(15)17(26)9-16)23(31)30-29-10-13-5-18(27)22(19(28)6-13)34-11-12-1-3-14(4-2-12)24(32)33/h1-10H,11H2,(H,30,31)(H,32,33)/b29-10-. The van der Waals surface area contributed by atoms with E-state index in [-0.39, 0.29) is 11.3 Å². The van der Waals surface area contributed by atoms with Crippen molar-refractivity contribution in [3.8, 4) is 5.75 Å². The molecular formula is C24H14Br2I2N2O5. The number of hydrazone groups is 1. The number of aromatic carboxylic acids is 1. The highest BCUT2D eigenvalue weighted by Gasteiger charge is 2.14. The molecule has 1 amide bonds. The maximum atomic E-state index is 12.5. The van der Waals surface area contributed by atoms with Crippen LogP contribution in [0.2, 0.25) is 0 Å². The van der Waals surface area contributed by atoms with Gasteiger partial charge in [0, 0.05) is 9.86 Å². The Morgan fingerprint density at radius 2 is 1.74 bits per heavy atom. The highest BCUT2D eigenvalue weighted by Crippen LogP contribution is 2.31. The van der Waals surface area contributed by atoms with E-state index in [2.05, 4.69) is 87.6 Å². The Morgan fingerprint density at radius 3 is 2.40 bits per heavy atom. The Hall–Kier alpha value is -1.97. The van der Waals surface area contributed by atoms with Gasteiger partial charge in [-0.2, -0.15) is 5.10 Å². The number of halogens is 4. The number of hydrogen-bond acceptors (Lipinski definition) is 5. The van der Waals surface area contributed by atoms with Gasteiger partial charge in [0.05, 0.1) is 23.4 Å². The molecule has 4 aromatic rings. The fourth-order valence-corrected chi connectivity index (χ4v) is 6.57. The molecule has 0 fully saturated rings. The molecule has 11 heteroatoms. The van der Waals surface area contributed by atoms with Crippen molar-refractivity contribution in [2.75, 3.05) is 0 Å². The second-order valence-corrected chi connectivity index (χ2v) is 11.3. The van der Waals surface area contributed by atoms with Gasteiger partial charge < -0.3 is 14.3 Å². The number of carboxylic acids is 1. The van der Waals surface area contributed by atoms with Crippen LogP contribution in [0.25, 0.3) is 11.0 Å². The molecule has 0 saturated heterocycles. The largest absolute Gasteiger partial charge is 0.487 e. The molecule has 0 saturated carbocycles. The third-order valence-electron chi connectivity index (χ3n) is 4.74. The molecule has 178 valence electrons. The maximum Gasteiger partial charge on any atom is 0.335 e. The molecule has 0 radical (unpaired) electrons. The summed E-state index contributed by atoms with van der Waals surface area (Å²) in [6, 6.07) is 15.7. The summed E-state index contributed by atoms with van der Waals surface area (Å²) in [6.45, 7) is 0.305. The molecule has 0 unspecified atom stereocenters. The minimum atomic E-state index is -0.964. The molecule has 1 aromatic heterocycles. The van der Waals surface area contributed by atoms with Crippen molar-refractivity contribution >= 4 is 106 Å². The molecule has 4 rings (SSSR count). The fraction of sp³-hybridized carbons (Fsp3) is 0.0417. The van der Waals surface area contributed by atoms with Crippen LogP contribution in [0, 0.1) is 7.14 Å². The van der Waals surface area contributed by atoms with Gasteiger partial charge in [0.2, 0.25) is 0 Å². The number of amides is 1. The van der Waals surface area contributed by atoms with Crippen LogP contribution in [0.3, 0.4) is 0 Å². The second kappa shape index (κ2) is 11.4. The Labute approximate surface area is 243 Å². The Balaban J connectivity index is 1.40. The molecule has 35 heavy (non-hydrogen) atoms. The number of furan rings is 1. The van der Waals surface area contributed by atoms with Crippen molar-refractivity contribution in [3.63, 3.8) is 0 Å². The van der Waals surface area contributed by atoms with E-state index < -0.39 is 11.9 Å². The summed E-state index contributed by atoms with van der Waals surface area (Å²) in [4.78, 5) is 23.4. The molecule has 0 atom stereocenters. The van der Waals surface area contributed by atoms with Gasteiger partial charge in [0.1, 0.15) is 17.9 Å². The Bertz CT molecular complexity index is 1450. The van der Waals surface area contributed by atoms with Crippen LogP contribution in [0.5, 0.6) is 5.75 Å². The van der Waals surface area contributed by atoms with Crippen LogP contribution in [-0.4, -0.2) is 23.2 Å². The van der Waals surface area contributed by atoms with Gasteiger partial charge >= 0.3 is 11.9 Å². The smallest absolute Gasteiger partial charge is 0.335 e. The van der Waals surface area contributed by atoms with Gasteiger partial charge in [-0.15, -0.1) is 0 Å². The monoisotopic (exact) mass is 822 g/mol. The average Bonchev–Trinajstić information content (AvgIpc) is 3.23. The first-order valence-electron chi connectivity index (χ1n) is 9.87. The van der Waals surface area contributed by atoms with Crippen molar-refractivity contribution < 1.29 is 23.8 Å². The highest BCUT2D eigenvalue weighted by molar-refractivity contribution is 14.1. The third-order valence-corrected chi connectivity index (χ3v) is 7.39. The van der Waals surface area contributed by atoms with Gasteiger partial charge in [0.25, 0.3) is 0 Å². The summed E-state index contributed by atoms with van der Waals surface area (Å²) in [5, 5.41) is 13.9. The molecule has 3 aromatic carbocycles. The van der Waals surface area contributed by atoms with Gasteiger partial charge in [-0.05, 0) is 115 Å². The summed E-state index contributed by atoms with van der Waals surface area (Å²) in [6.07, 6.45) is 1.55. The van der Waals surface area contributed by atoms with Crippen molar-refractivity contribution in [2.45, 2.75) is 6.61 Å². The van der Waals surface area contributed by atoms with Crippen LogP contribution < -0.4 is 10.2 Å². The Morgan fingerprint density at radius 1 is 1.06 bits per heavy atom. The van der Waals surface area contributed by atoms with E-state index >= 15 is 0 Å². The first-order chi connectivity index (χ1) is 16.7. The number of carboxylic acid groups (broad SMARTS) is 1. The van der Waals surface area contributed by atoms with E-state index in [9.17, 15) is 9.59 Å². The molecule has 0 aliphatic carbocycles. The van der Waals surface area contributed by atoms with E-state index in [0.29, 0.717) is 17.9 Å². The second-order valence-electron chi connectivity index (χ2n) is 7.22. The lowest BCUT2D eigenvalue weighted by atomic mass is 10.1. The SMILES string of the molecule is O=C(O)c1ccc(COc2c(I)cc(/C=N\NC(=O)c3cc4cc(Br)cc(Br)c4o3)cc2I)cc1. The molecule has 0 aliphatic rings. The number of benzene rings is 3. The summed E-state index contributed by atoms with van der Waals surface area (Å²) in [5.41, 5.74) is 4.95. The molecular weight excluding hydrogens is 810 g/mol. The van der Waals surface area contributed by atoms with Crippen molar-refractivity contribution in [2.24, 2.45) is 5.10 Å². The van der Waals surface area contributed by atoms with E-state index in [4.69, 9.17) is 14.3 Å². The summed E-state index contributed by atoms with van der Waals surface area (Å²) in [7, 11) is 0. The number of hydrogen-bond donors (Lipinski definition) is 2. The van der Waals surface area contributed by atoms with E-state index in [1.165, 1.54) is 0 Å². The zero-order chi connectivity index (χ0) is 25.1. The molecule has 0 spiro atoms. The minimum Gasteiger partial charge on any atom is -0.487 e. The number of ether oxygens (including phenoxy) is 1. The molecule has 0 aliphatic heterocycles. The molecule has 7 nitrogen and oxygen atoms in total. The maximum absolute atomic E-state index is 12.5. The normalized spacial score (nSPS) is 11.2. The van der Waals surface area contributed by atoms with Crippen LogP contribution in [0.15, 0.2) is 73.1 Å².